The van der Waals surface area contributed by atoms with Crippen molar-refractivity contribution in [2.45, 2.75) is 0 Å². The van der Waals surface area contributed by atoms with Gasteiger partial charge in [0.15, 0.2) is 5.82 Å². The molecule has 0 aromatic carbocycles. The van der Waals surface area contributed by atoms with Gasteiger partial charge in [-0.05, 0) is 0 Å². The van der Waals surface area contributed by atoms with Crippen LogP contribution >= 0.6 is 0 Å². The van der Waals surface area contributed by atoms with Crippen LogP contribution < -0.4 is 16.1 Å². The first-order valence-corrected chi connectivity index (χ1v) is 3.17. The molecule has 0 bridgehead atoms. The molecule has 0 saturated carbocycles. The summed E-state index contributed by atoms with van der Waals surface area (Å²) < 4.78 is 4.71. The minimum Gasteiger partial charge on any atom is -0.478 e. The molecule has 64 valence electrons. The van der Waals surface area contributed by atoms with Crippen molar-refractivity contribution in [2.24, 2.45) is 0 Å². The van der Waals surface area contributed by atoms with E-state index in [-0.39, 0.29) is 17.3 Å². The fourth-order valence-electron chi connectivity index (χ4n) is 0.669. The number of anilines is 1. The number of nitrogens with zero attached hydrogens (tertiary/aromatic N) is 2. The summed E-state index contributed by atoms with van der Waals surface area (Å²) in [7, 11) is -0.291. The average Bonchev–Trinajstić information content (AvgIpc) is 2.05. The molecule has 0 spiro atoms. The van der Waals surface area contributed by atoms with Gasteiger partial charge in [0.25, 0.3) is 5.88 Å². The van der Waals surface area contributed by atoms with Crippen molar-refractivity contribution in [3.8, 4) is 5.88 Å². The van der Waals surface area contributed by atoms with Crippen LogP contribution in [-0.4, -0.2) is 34.2 Å². The van der Waals surface area contributed by atoms with Crippen LogP contribution in [0.5, 0.6) is 5.88 Å². The van der Waals surface area contributed by atoms with Gasteiger partial charge in [-0.3, -0.25) is 0 Å². The standard InChI is InChI=1S/C5H8BN3O3/c1-12-5-4(7)8-2-3(9-5)6(10)11/h2,10-11H,1H3,(H2,7,8). The van der Waals surface area contributed by atoms with Crippen molar-refractivity contribution in [2.75, 3.05) is 12.8 Å². The number of hydrogen-bond acceptors (Lipinski definition) is 6. The lowest BCUT2D eigenvalue weighted by Gasteiger charge is -2.03. The molecule has 4 N–H and O–H groups in total. The molecule has 0 amide bonds. The Bertz CT molecular complexity index is 281. The van der Waals surface area contributed by atoms with Crippen LogP contribution in [-0.2, 0) is 0 Å². The van der Waals surface area contributed by atoms with Crippen molar-refractivity contribution in [3.63, 3.8) is 0 Å². The third-order valence-electron chi connectivity index (χ3n) is 1.24. The molecule has 7 heteroatoms. The van der Waals surface area contributed by atoms with Gasteiger partial charge in [-0.2, -0.15) is 0 Å². The number of methoxy groups -OCH3 is 1. The fraction of sp³-hybridized carbons (Fsp3) is 0.200. The van der Waals surface area contributed by atoms with Crippen LogP contribution in [0.3, 0.4) is 0 Å². The largest absolute Gasteiger partial charge is 0.509 e. The Balaban J connectivity index is 3.05. The molecule has 0 fully saturated rings. The molecule has 1 aromatic heterocycles. The highest BCUT2D eigenvalue weighted by atomic mass is 16.5. The Morgan fingerprint density at radius 1 is 1.58 bits per heavy atom. The lowest BCUT2D eigenvalue weighted by molar-refractivity contribution is 0.395. The van der Waals surface area contributed by atoms with E-state index in [0.29, 0.717) is 0 Å². The second kappa shape index (κ2) is 3.37. The summed E-state index contributed by atoms with van der Waals surface area (Å²) in [5.74, 6) is 0.197. The maximum absolute atomic E-state index is 8.69. The Kier molecular flexibility index (Phi) is 2.46. The third kappa shape index (κ3) is 1.63. The molecule has 0 aliphatic carbocycles. The first kappa shape index (κ1) is 8.76. The van der Waals surface area contributed by atoms with Gasteiger partial charge in [-0.15, -0.1) is 0 Å². The highest BCUT2D eigenvalue weighted by Crippen LogP contribution is 2.10. The molecule has 0 aliphatic heterocycles. The summed E-state index contributed by atoms with van der Waals surface area (Å²) in [5, 5.41) is 17.4. The molecule has 6 nitrogen and oxygen atoms in total. The Morgan fingerprint density at radius 2 is 2.25 bits per heavy atom. The second-order valence-electron chi connectivity index (χ2n) is 2.06. The van der Waals surface area contributed by atoms with E-state index < -0.39 is 7.12 Å². The first-order chi connectivity index (χ1) is 5.65. The van der Waals surface area contributed by atoms with E-state index in [2.05, 4.69) is 9.97 Å². The zero-order valence-electron chi connectivity index (χ0n) is 6.43. The van der Waals surface area contributed by atoms with Gasteiger partial charge in [0.1, 0.15) is 0 Å². The maximum atomic E-state index is 8.69. The summed E-state index contributed by atoms with van der Waals surface area (Å²) in [5.41, 5.74) is 5.34. The summed E-state index contributed by atoms with van der Waals surface area (Å²) >= 11 is 0. The van der Waals surface area contributed by atoms with Gasteiger partial charge in [-0.25, -0.2) is 9.97 Å². The monoisotopic (exact) mass is 169 g/mol. The van der Waals surface area contributed by atoms with Crippen molar-refractivity contribution in [1.29, 1.82) is 0 Å². The molecule has 1 aromatic rings. The van der Waals surface area contributed by atoms with E-state index >= 15 is 0 Å². The SMILES string of the molecule is COc1nc(B(O)O)cnc1N. The van der Waals surface area contributed by atoms with Gasteiger partial charge < -0.3 is 20.5 Å². The summed E-state index contributed by atoms with van der Waals surface area (Å²) in [4.78, 5) is 7.32. The number of nitrogens with two attached hydrogens (primary N) is 1. The number of ether oxygens (including phenoxy) is 1. The van der Waals surface area contributed by atoms with Gasteiger partial charge >= 0.3 is 7.12 Å². The fourth-order valence-corrected chi connectivity index (χ4v) is 0.669. The van der Waals surface area contributed by atoms with E-state index in [1.807, 2.05) is 0 Å². The molecule has 0 radical (unpaired) electrons. The topological polar surface area (TPSA) is 101 Å². The summed E-state index contributed by atoms with van der Waals surface area (Å²) in [6.45, 7) is 0. The zero-order valence-corrected chi connectivity index (χ0v) is 6.43. The normalized spacial score (nSPS) is 9.58. The van der Waals surface area contributed by atoms with Crippen LogP contribution in [0.2, 0.25) is 0 Å². The van der Waals surface area contributed by atoms with Crippen LogP contribution in [0, 0.1) is 0 Å². The van der Waals surface area contributed by atoms with E-state index in [9.17, 15) is 0 Å². The number of hydrogen-bond donors (Lipinski definition) is 3. The molecular formula is C5H8BN3O3. The molecule has 0 saturated heterocycles. The minimum atomic E-state index is -1.66. The molecule has 0 atom stereocenters. The van der Waals surface area contributed by atoms with E-state index in [0.717, 1.165) is 0 Å². The average molecular weight is 169 g/mol. The first-order valence-electron chi connectivity index (χ1n) is 3.17. The summed E-state index contributed by atoms with van der Waals surface area (Å²) in [6.07, 6.45) is 1.17. The van der Waals surface area contributed by atoms with Crippen molar-refractivity contribution >= 4 is 18.5 Å². The lowest BCUT2D eigenvalue weighted by atomic mass is 9.87. The zero-order chi connectivity index (χ0) is 9.14. The lowest BCUT2D eigenvalue weighted by Crippen LogP contribution is -2.33. The number of nitrogen functional groups attached to an aromatic ring is 1. The predicted octanol–water partition coefficient (Wildman–Crippen LogP) is -2.25. The Labute approximate surface area is 69.2 Å². The van der Waals surface area contributed by atoms with Crippen molar-refractivity contribution in [1.82, 2.24) is 9.97 Å². The van der Waals surface area contributed by atoms with Crippen LogP contribution in [0.4, 0.5) is 5.82 Å². The van der Waals surface area contributed by atoms with Gasteiger partial charge in [0.05, 0.1) is 12.7 Å². The van der Waals surface area contributed by atoms with E-state index in [1.165, 1.54) is 13.3 Å². The van der Waals surface area contributed by atoms with Gasteiger partial charge in [0.2, 0.25) is 0 Å². The minimum absolute atomic E-state index is 0.000972. The highest BCUT2D eigenvalue weighted by molar-refractivity contribution is 6.57. The summed E-state index contributed by atoms with van der Waals surface area (Å²) in [6, 6.07) is 0. The van der Waals surface area contributed by atoms with E-state index in [4.69, 9.17) is 20.5 Å². The Hall–Kier alpha value is -1.34. The van der Waals surface area contributed by atoms with Crippen LogP contribution in [0.25, 0.3) is 0 Å². The van der Waals surface area contributed by atoms with Crippen LogP contribution in [0.15, 0.2) is 6.20 Å². The molecular weight excluding hydrogens is 161 g/mol. The molecule has 1 heterocycles. The highest BCUT2D eigenvalue weighted by Gasteiger charge is 2.15. The smallest absolute Gasteiger partial charge is 0.478 e. The van der Waals surface area contributed by atoms with Crippen molar-refractivity contribution < 1.29 is 14.8 Å². The molecule has 1 rings (SSSR count). The number of rotatable bonds is 2. The maximum Gasteiger partial charge on any atom is 0.509 e. The number of aromatic nitrogens is 2. The third-order valence-corrected chi connectivity index (χ3v) is 1.24. The molecule has 0 unspecified atom stereocenters. The van der Waals surface area contributed by atoms with Crippen molar-refractivity contribution in [3.05, 3.63) is 6.20 Å². The quantitative estimate of drug-likeness (QED) is 0.432. The molecule has 12 heavy (non-hydrogen) atoms. The second-order valence-corrected chi connectivity index (χ2v) is 2.06. The predicted molar refractivity (Wildman–Crippen MR) is 42.8 cm³/mol. The molecule has 0 aliphatic rings. The van der Waals surface area contributed by atoms with Gasteiger partial charge in [0, 0.05) is 6.20 Å². The van der Waals surface area contributed by atoms with Crippen LogP contribution in [0.1, 0.15) is 0 Å². The van der Waals surface area contributed by atoms with E-state index in [1.54, 1.807) is 0 Å². The van der Waals surface area contributed by atoms with Gasteiger partial charge in [-0.1, -0.05) is 0 Å². The Morgan fingerprint density at radius 3 is 2.75 bits per heavy atom.